The second kappa shape index (κ2) is 6.32. The SMILES string of the molecule is CCn1ccn(CCCC(=O)c2ccc(F)cc2)c1=O. The molecule has 2 aromatic rings. The van der Waals surface area contributed by atoms with Crippen LogP contribution >= 0.6 is 0 Å². The fourth-order valence-corrected chi connectivity index (χ4v) is 2.05. The van der Waals surface area contributed by atoms with Crippen molar-refractivity contribution in [2.45, 2.75) is 32.9 Å². The Morgan fingerprint density at radius 3 is 2.40 bits per heavy atom. The van der Waals surface area contributed by atoms with Crippen molar-refractivity contribution in [2.75, 3.05) is 0 Å². The minimum Gasteiger partial charge on any atom is -0.300 e. The third-order valence-corrected chi connectivity index (χ3v) is 3.23. The lowest BCUT2D eigenvalue weighted by atomic mass is 10.1. The number of imidazole rings is 1. The van der Waals surface area contributed by atoms with Gasteiger partial charge in [0, 0.05) is 37.5 Å². The predicted octanol–water partition coefficient (Wildman–Crippen LogP) is 2.47. The highest BCUT2D eigenvalue weighted by molar-refractivity contribution is 5.95. The van der Waals surface area contributed by atoms with Gasteiger partial charge in [-0.05, 0) is 37.6 Å². The molecule has 0 atom stereocenters. The lowest BCUT2D eigenvalue weighted by Crippen LogP contribution is -2.23. The Morgan fingerprint density at radius 1 is 1.15 bits per heavy atom. The molecule has 4 nitrogen and oxygen atoms in total. The van der Waals surface area contributed by atoms with Gasteiger partial charge < -0.3 is 0 Å². The normalized spacial score (nSPS) is 10.7. The number of Topliss-reactive ketones (excluding diaryl/α,β-unsaturated/α-hetero) is 1. The minimum atomic E-state index is -0.353. The summed E-state index contributed by atoms with van der Waals surface area (Å²) in [6.07, 6.45) is 4.40. The molecular weight excluding hydrogens is 259 g/mol. The predicted molar refractivity (Wildman–Crippen MR) is 74.3 cm³/mol. The second-order valence-electron chi connectivity index (χ2n) is 4.59. The third-order valence-electron chi connectivity index (χ3n) is 3.23. The average Bonchev–Trinajstić information content (AvgIpc) is 2.80. The number of aryl methyl sites for hydroxylation is 2. The summed E-state index contributed by atoms with van der Waals surface area (Å²) in [5.74, 6) is -0.387. The van der Waals surface area contributed by atoms with Gasteiger partial charge in [-0.15, -0.1) is 0 Å². The highest BCUT2D eigenvalue weighted by Gasteiger charge is 2.07. The number of carbonyl (C=O) groups is 1. The van der Waals surface area contributed by atoms with E-state index in [0.717, 1.165) is 0 Å². The molecule has 0 spiro atoms. The summed E-state index contributed by atoms with van der Waals surface area (Å²) in [5, 5.41) is 0. The molecule has 0 amide bonds. The van der Waals surface area contributed by atoms with Crippen LogP contribution in [0.3, 0.4) is 0 Å². The van der Waals surface area contributed by atoms with Crippen LogP contribution in [0, 0.1) is 5.82 Å². The van der Waals surface area contributed by atoms with Gasteiger partial charge in [0.05, 0.1) is 0 Å². The molecule has 0 fully saturated rings. The number of aromatic nitrogens is 2. The fraction of sp³-hybridized carbons (Fsp3) is 0.333. The molecule has 0 aliphatic carbocycles. The number of hydrogen-bond acceptors (Lipinski definition) is 2. The van der Waals surface area contributed by atoms with Crippen molar-refractivity contribution in [2.24, 2.45) is 0 Å². The van der Waals surface area contributed by atoms with Crippen molar-refractivity contribution < 1.29 is 9.18 Å². The van der Waals surface area contributed by atoms with E-state index in [2.05, 4.69) is 0 Å². The number of nitrogens with zero attached hydrogens (tertiary/aromatic N) is 2. The van der Waals surface area contributed by atoms with Crippen LogP contribution in [0.4, 0.5) is 4.39 Å². The van der Waals surface area contributed by atoms with Crippen molar-refractivity contribution in [3.05, 3.63) is 58.5 Å². The van der Waals surface area contributed by atoms with Gasteiger partial charge in [0.1, 0.15) is 5.82 Å². The van der Waals surface area contributed by atoms with E-state index in [-0.39, 0.29) is 17.3 Å². The molecule has 2 rings (SSSR count). The van der Waals surface area contributed by atoms with Gasteiger partial charge >= 0.3 is 5.69 Å². The molecule has 106 valence electrons. The van der Waals surface area contributed by atoms with Gasteiger partial charge in [0.15, 0.2) is 5.78 Å². The zero-order valence-electron chi connectivity index (χ0n) is 11.4. The van der Waals surface area contributed by atoms with Crippen LogP contribution in [0.1, 0.15) is 30.1 Å². The molecule has 1 aromatic carbocycles. The topological polar surface area (TPSA) is 44.0 Å². The summed E-state index contributed by atoms with van der Waals surface area (Å²) < 4.78 is 16.0. The van der Waals surface area contributed by atoms with Crippen molar-refractivity contribution in [3.8, 4) is 0 Å². The first kappa shape index (κ1) is 14.2. The van der Waals surface area contributed by atoms with E-state index in [1.807, 2.05) is 6.92 Å². The van der Waals surface area contributed by atoms with Crippen molar-refractivity contribution in [3.63, 3.8) is 0 Å². The van der Waals surface area contributed by atoms with Crippen LogP contribution < -0.4 is 5.69 Å². The molecule has 0 aliphatic heterocycles. The quantitative estimate of drug-likeness (QED) is 0.761. The average molecular weight is 276 g/mol. The molecule has 1 heterocycles. The van der Waals surface area contributed by atoms with E-state index < -0.39 is 0 Å². The number of benzene rings is 1. The van der Waals surface area contributed by atoms with E-state index in [1.165, 1.54) is 24.3 Å². The van der Waals surface area contributed by atoms with Gasteiger partial charge in [-0.3, -0.25) is 13.9 Å². The first-order chi connectivity index (χ1) is 9.61. The number of halogens is 1. The zero-order chi connectivity index (χ0) is 14.5. The zero-order valence-corrected chi connectivity index (χ0v) is 11.4. The van der Waals surface area contributed by atoms with E-state index in [4.69, 9.17) is 0 Å². The molecule has 5 heteroatoms. The number of hydrogen-bond donors (Lipinski definition) is 0. The van der Waals surface area contributed by atoms with Crippen LogP contribution in [0.25, 0.3) is 0 Å². The van der Waals surface area contributed by atoms with Crippen LogP contribution in [-0.2, 0) is 13.1 Å². The standard InChI is InChI=1S/C15H17FN2O2/c1-2-17-10-11-18(15(17)20)9-3-4-14(19)12-5-7-13(16)8-6-12/h5-8,10-11H,2-4,9H2,1H3. The maximum atomic E-state index is 12.8. The first-order valence-corrected chi connectivity index (χ1v) is 6.66. The summed E-state index contributed by atoms with van der Waals surface area (Å²) in [6, 6.07) is 5.52. The van der Waals surface area contributed by atoms with Crippen LogP contribution in [0.2, 0.25) is 0 Å². The summed E-state index contributed by atoms with van der Waals surface area (Å²) >= 11 is 0. The molecule has 0 saturated heterocycles. The highest BCUT2D eigenvalue weighted by atomic mass is 19.1. The second-order valence-corrected chi connectivity index (χ2v) is 4.59. The van der Waals surface area contributed by atoms with Gasteiger partial charge in [-0.25, -0.2) is 9.18 Å². The Morgan fingerprint density at radius 2 is 1.80 bits per heavy atom. The molecule has 0 bridgehead atoms. The van der Waals surface area contributed by atoms with E-state index in [9.17, 15) is 14.0 Å². The molecule has 1 aromatic heterocycles. The molecule has 20 heavy (non-hydrogen) atoms. The lowest BCUT2D eigenvalue weighted by molar-refractivity contribution is 0.0978. The van der Waals surface area contributed by atoms with Gasteiger partial charge in [0.2, 0.25) is 0 Å². The maximum Gasteiger partial charge on any atom is 0.328 e. The minimum absolute atomic E-state index is 0.0343. The van der Waals surface area contributed by atoms with Gasteiger partial charge in [-0.1, -0.05) is 0 Å². The number of ketones is 1. The van der Waals surface area contributed by atoms with Gasteiger partial charge in [0.25, 0.3) is 0 Å². The third kappa shape index (κ3) is 3.23. The Bertz CT molecular complexity index is 641. The Kier molecular flexibility index (Phi) is 4.50. The number of carbonyl (C=O) groups excluding carboxylic acids is 1. The Hall–Kier alpha value is -2.17. The first-order valence-electron chi connectivity index (χ1n) is 6.66. The van der Waals surface area contributed by atoms with Crippen molar-refractivity contribution in [1.29, 1.82) is 0 Å². The largest absolute Gasteiger partial charge is 0.328 e. The highest BCUT2D eigenvalue weighted by Crippen LogP contribution is 2.07. The Labute approximate surface area is 116 Å². The van der Waals surface area contributed by atoms with Crippen LogP contribution in [0.5, 0.6) is 0 Å². The lowest BCUT2D eigenvalue weighted by Gasteiger charge is -2.02. The monoisotopic (exact) mass is 276 g/mol. The number of rotatable bonds is 6. The van der Waals surface area contributed by atoms with Crippen LogP contribution in [-0.4, -0.2) is 14.9 Å². The van der Waals surface area contributed by atoms with Crippen molar-refractivity contribution in [1.82, 2.24) is 9.13 Å². The summed E-state index contributed by atoms with van der Waals surface area (Å²) in [7, 11) is 0. The van der Waals surface area contributed by atoms with Crippen LogP contribution in [0.15, 0.2) is 41.5 Å². The molecule has 0 N–H and O–H groups in total. The summed E-state index contributed by atoms with van der Waals surface area (Å²) in [6.45, 7) is 3.06. The van der Waals surface area contributed by atoms with Gasteiger partial charge in [-0.2, -0.15) is 0 Å². The van der Waals surface area contributed by atoms with E-state index in [1.54, 1.807) is 21.5 Å². The molecule has 0 unspecified atom stereocenters. The molecule has 0 saturated carbocycles. The smallest absolute Gasteiger partial charge is 0.300 e. The maximum absolute atomic E-state index is 12.8. The Balaban J connectivity index is 1.89. The molecular formula is C15H17FN2O2. The molecule has 0 radical (unpaired) electrons. The van der Waals surface area contributed by atoms with E-state index >= 15 is 0 Å². The summed E-state index contributed by atoms with van der Waals surface area (Å²) in [5.41, 5.74) is 0.451. The fourth-order valence-electron chi connectivity index (χ4n) is 2.05. The van der Waals surface area contributed by atoms with E-state index in [0.29, 0.717) is 31.5 Å². The van der Waals surface area contributed by atoms with Crippen molar-refractivity contribution >= 4 is 5.78 Å². The summed E-state index contributed by atoms with van der Waals surface area (Å²) in [4.78, 5) is 23.7. The molecule has 0 aliphatic rings.